The number of hydrogen-bond acceptors (Lipinski definition) is 6. The van der Waals surface area contributed by atoms with Gasteiger partial charge in [0.25, 0.3) is 0 Å². The molecule has 162 valence electrons. The number of methoxy groups -OCH3 is 1. The van der Waals surface area contributed by atoms with E-state index in [9.17, 15) is 5.26 Å². The van der Waals surface area contributed by atoms with Gasteiger partial charge in [0, 0.05) is 48.7 Å². The van der Waals surface area contributed by atoms with Gasteiger partial charge in [-0.3, -0.25) is 9.58 Å². The number of nitriles is 1. The molecule has 0 N–H and O–H groups in total. The number of aromatic nitrogens is 4. The van der Waals surface area contributed by atoms with Crippen molar-refractivity contribution < 1.29 is 4.74 Å². The number of hydrogen-bond donors (Lipinski definition) is 0. The fraction of sp³-hybridized carbons (Fsp3) is 0.522. The molecule has 2 fully saturated rings. The molecule has 8 heteroatoms. The summed E-state index contributed by atoms with van der Waals surface area (Å²) in [5.41, 5.74) is 4.44. The average Bonchev–Trinajstić information content (AvgIpc) is 3.51. The van der Waals surface area contributed by atoms with E-state index in [-0.39, 0.29) is 0 Å². The molecular weight excluding hydrogens is 390 g/mol. The minimum absolute atomic E-state index is 0.435. The third-order valence-corrected chi connectivity index (χ3v) is 7.00. The Bertz CT molecular complexity index is 1130. The third kappa shape index (κ3) is 3.48. The molecule has 0 aliphatic carbocycles. The molecule has 0 unspecified atom stereocenters. The Morgan fingerprint density at radius 2 is 1.87 bits per heavy atom. The van der Waals surface area contributed by atoms with Gasteiger partial charge in [-0.25, -0.2) is 4.52 Å². The second-order valence-electron chi connectivity index (χ2n) is 8.82. The first-order valence-corrected chi connectivity index (χ1v) is 11.0. The molecule has 0 radical (unpaired) electrons. The van der Waals surface area contributed by atoms with Gasteiger partial charge < -0.3 is 9.64 Å². The molecule has 0 saturated carbocycles. The van der Waals surface area contributed by atoms with Gasteiger partial charge in [0.15, 0.2) is 0 Å². The average molecular weight is 420 g/mol. The Morgan fingerprint density at radius 3 is 2.55 bits per heavy atom. The summed E-state index contributed by atoms with van der Waals surface area (Å²) in [5.74, 6) is 0.647. The lowest BCUT2D eigenvalue weighted by Gasteiger charge is -2.36. The van der Waals surface area contributed by atoms with Crippen LogP contribution >= 0.6 is 0 Å². The van der Waals surface area contributed by atoms with Crippen LogP contribution < -0.4 is 4.74 Å². The lowest BCUT2D eigenvalue weighted by molar-refractivity contribution is 0.132. The highest BCUT2D eigenvalue weighted by Crippen LogP contribution is 2.34. The van der Waals surface area contributed by atoms with E-state index in [2.05, 4.69) is 39.6 Å². The van der Waals surface area contributed by atoms with E-state index in [1.54, 1.807) is 17.8 Å². The second-order valence-corrected chi connectivity index (χ2v) is 8.82. The molecule has 2 saturated heterocycles. The highest BCUT2D eigenvalue weighted by molar-refractivity contribution is 5.75. The van der Waals surface area contributed by atoms with Crippen LogP contribution in [0.25, 0.3) is 16.6 Å². The summed E-state index contributed by atoms with van der Waals surface area (Å²) < 4.78 is 9.50. The number of rotatable bonds is 4. The van der Waals surface area contributed by atoms with Crippen molar-refractivity contribution >= 4 is 5.52 Å². The Labute approximate surface area is 182 Å². The predicted molar refractivity (Wildman–Crippen MR) is 118 cm³/mol. The maximum absolute atomic E-state index is 9.35. The number of nitrogens with zero attached hydrogens (tertiary/aromatic N) is 7. The van der Waals surface area contributed by atoms with Crippen LogP contribution in [-0.4, -0.2) is 75.6 Å². The van der Waals surface area contributed by atoms with E-state index in [1.165, 1.54) is 19.5 Å². The maximum Gasteiger partial charge on any atom is 0.146 e. The second kappa shape index (κ2) is 7.98. The molecule has 0 spiro atoms. The van der Waals surface area contributed by atoms with E-state index in [0.717, 1.165) is 42.8 Å². The van der Waals surface area contributed by atoms with Crippen LogP contribution in [0.5, 0.6) is 5.75 Å². The minimum atomic E-state index is 0.435. The molecule has 8 nitrogen and oxygen atoms in total. The zero-order valence-corrected chi connectivity index (χ0v) is 18.5. The summed E-state index contributed by atoms with van der Waals surface area (Å²) in [7, 11) is 3.84. The molecule has 31 heavy (non-hydrogen) atoms. The first-order valence-electron chi connectivity index (χ1n) is 11.0. The molecule has 1 atom stereocenters. The van der Waals surface area contributed by atoms with Crippen LogP contribution in [0.15, 0.2) is 24.7 Å². The molecule has 5 heterocycles. The van der Waals surface area contributed by atoms with Gasteiger partial charge in [-0.2, -0.15) is 15.5 Å². The highest BCUT2D eigenvalue weighted by Gasteiger charge is 2.30. The molecule has 2 aliphatic heterocycles. The van der Waals surface area contributed by atoms with Crippen LogP contribution in [0.3, 0.4) is 0 Å². The van der Waals surface area contributed by atoms with Crippen LogP contribution in [0, 0.1) is 18.3 Å². The number of ether oxygens (including phenoxy) is 1. The Balaban J connectivity index is 1.38. The molecular formula is C23H29N7O. The van der Waals surface area contributed by atoms with E-state index in [4.69, 9.17) is 9.84 Å². The first kappa shape index (κ1) is 20.0. The van der Waals surface area contributed by atoms with Crippen molar-refractivity contribution in [3.8, 4) is 22.9 Å². The van der Waals surface area contributed by atoms with Gasteiger partial charge in [0.2, 0.25) is 0 Å². The number of piperidine rings is 1. The monoisotopic (exact) mass is 419 g/mol. The first-order chi connectivity index (χ1) is 15.1. The van der Waals surface area contributed by atoms with Gasteiger partial charge in [0.05, 0.1) is 25.5 Å². The van der Waals surface area contributed by atoms with Crippen molar-refractivity contribution in [1.82, 2.24) is 29.2 Å². The van der Waals surface area contributed by atoms with Crippen LogP contribution in [-0.2, 0) is 0 Å². The van der Waals surface area contributed by atoms with E-state index < -0.39 is 0 Å². The number of likely N-dealkylation sites (N-methyl/N-ethyl adjacent to an activating group) is 1. The van der Waals surface area contributed by atoms with Gasteiger partial charge >= 0.3 is 0 Å². The van der Waals surface area contributed by atoms with Crippen LogP contribution in [0.4, 0.5) is 0 Å². The van der Waals surface area contributed by atoms with Crippen molar-refractivity contribution in [2.45, 2.75) is 38.3 Å². The largest absolute Gasteiger partial charge is 0.494 e. The zero-order valence-electron chi connectivity index (χ0n) is 18.5. The normalized spacial score (nSPS) is 21.0. The van der Waals surface area contributed by atoms with E-state index in [0.29, 0.717) is 28.9 Å². The zero-order chi connectivity index (χ0) is 21.5. The highest BCUT2D eigenvalue weighted by atomic mass is 16.5. The van der Waals surface area contributed by atoms with Crippen molar-refractivity contribution in [2.24, 2.45) is 0 Å². The number of fused-ring (bicyclic) bond motifs is 1. The van der Waals surface area contributed by atoms with Crippen LogP contribution in [0.2, 0.25) is 0 Å². The molecule has 0 aromatic carbocycles. The topological polar surface area (TPSA) is 74.6 Å². The summed E-state index contributed by atoms with van der Waals surface area (Å²) in [6.45, 7) is 6.83. The summed E-state index contributed by atoms with van der Waals surface area (Å²) in [6.07, 6.45) is 9.03. The third-order valence-electron chi connectivity index (χ3n) is 7.00. The Morgan fingerprint density at radius 1 is 1.10 bits per heavy atom. The molecule has 2 aliphatic rings. The summed E-state index contributed by atoms with van der Waals surface area (Å²) in [4.78, 5) is 5.11. The van der Waals surface area contributed by atoms with E-state index in [1.807, 2.05) is 18.5 Å². The Kier molecular flexibility index (Phi) is 5.16. The Hall–Kier alpha value is -2.89. The summed E-state index contributed by atoms with van der Waals surface area (Å²) in [5, 5.41) is 18.5. The van der Waals surface area contributed by atoms with Gasteiger partial charge in [-0.05, 0) is 45.8 Å². The van der Waals surface area contributed by atoms with Crippen molar-refractivity contribution in [3.05, 3.63) is 35.9 Å². The fourth-order valence-electron chi connectivity index (χ4n) is 5.25. The van der Waals surface area contributed by atoms with Crippen molar-refractivity contribution in [2.75, 3.05) is 40.3 Å². The van der Waals surface area contributed by atoms with Crippen LogP contribution in [0.1, 0.15) is 36.6 Å². The minimum Gasteiger partial charge on any atom is -0.494 e. The molecule has 5 rings (SSSR count). The lowest BCUT2D eigenvalue weighted by Crippen LogP contribution is -2.43. The van der Waals surface area contributed by atoms with Crippen molar-refractivity contribution in [1.29, 1.82) is 5.26 Å². The molecule has 3 aromatic rings. The number of pyridine rings is 1. The standard InChI is InChI=1S/C23H29N7O/c1-16-21(17-10-22(31-3)23-18(11-24)12-25-29(23)14-17)13-26-30(16)19-5-8-28(9-6-19)20-4-7-27(2)15-20/h10,12-14,19-20H,4-9,15H2,1-3H3/t20-/m1/s1. The van der Waals surface area contributed by atoms with Gasteiger partial charge in [-0.1, -0.05) is 0 Å². The van der Waals surface area contributed by atoms with Crippen molar-refractivity contribution in [3.63, 3.8) is 0 Å². The van der Waals surface area contributed by atoms with Gasteiger partial charge in [-0.15, -0.1) is 0 Å². The maximum atomic E-state index is 9.35. The van der Waals surface area contributed by atoms with Gasteiger partial charge in [0.1, 0.15) is 22.9 Å². The smallest absolute Gasteiger partial charge is 0.146 e. The van der Waals surface area contributed by atoms with E-state index >= 15 is 0 Å². The summed E-state index contributed by atoms with van der Waals surface area (Å²) in [6, 6.07) is 5.31. The molecule has 0 amide bonds. The lowest BCUT2D eigenvalue weighted by atomic mass is 10.0. The fourth-order valence-corrected chi connectivity index (χ4v) is 5.25. The number of likely N-dealkylation sites (tertiary alicyclic amines) is 2. The quantitative estimate of drug-likeness (QED) is 0.647. The molecule has 0 bridgehead atoms. The summed E-state index contributed by atoms with van der Waals surface area (Å²) >= 11 is 0. The predicted octanol–water partition coefficient (Wildman–Crippen LogP) is 2.73. The molecule has 3 aromatic heterocycles. The SMILES string of the molecule is COc1cc(-c2cnn(C3CCN([C@@H]4CCN(C)C4)CC3)c2C)cn2ncc(C#N)c12.